The van der Waals surface area contributed by atoms with Gasteiger partial charge >= 0.3 is 0 Å². The van der Waals surface area contributed by atoms with Crippen molar-refractivity contribution >= 4 is 27.8 Å². The number of nitrogens with zero attached hydrogens (tertiary/aromatic N) is 5. The lowest BCUT2D eigenvalue weighted by atomic mass is 10.2. The summed E-state index contributed by atoms with van der Waals surface area (Å²) in [5.41, 5.74) is 1.81. The second-order valence-electron chi connectivity index (χ2n) is 5.60. The zero-order valence-electron chi connectivity index (χ0n) is 13.2. The average Bonchev–Trinajstić information content (AvgIpc) is 2.60. The summed E-state index contributed by atoms with van der Waals surface area (Å²) in [5.74, 6) is 0.583. The summed E-state index contributed by atoms with van der Waals surface area (Å²) in [6, 6.07) is 11.1. The minimum absolute atomic E-state index is 0.0267. The van der Waals surface area contributed by atoms with Gasteiger partial charge in [0.2, 0.25) is 5.95 Å². The van der Waals surface area contributed by atoms with E-state index in [1.54, 1.807) is 6.07 Å². The number of nitriles is 1. The number of carbonyl (C=O) groups is 1. The molecule has 0 N–H and O–H groups in total. The summed E-state index contributed by atoms with van der Waals surface area (Å²) in [6.45, 7) is 4.34. The van der Waals surface area contributed by atoms with Crippen molar-refractivity contribution in [3.63, 3.8) is 0 Å². The molecule has 0 spiro atoms. The van der Waals surface area contributed by atoms with Gasteiger partial charge in [-0.3, -0.25) is 4.79 Å². The average molecular weight is 386 g/mol. The Morgan fingerprint density at radius 1 is 1.21 bits per heavy atom. The summed E-state index contributed by atoms with van der Waals surface area (Å²) >= 11 is 3.39. The van der Waals surface area contributed by atoms with Crippen molar-refractivity contribution in [1.82, 2.24) is 14.9 Å². The van der Waals surface area contributed by atoms with Gasteiger partial charge in [-0.1, -0.05) is 22.0 Å². The SMILES string of the molecule is Cc1cc(C#N)nc(N2CCN(C(=O)c3cccc(Br)c3)CC2)n1. The number of piperazine rings is 1. The molecule has 0 bridgehead atoms. The Morgan fingerprint density at radius 3 is 2.62 bits per heavy atom. The molecule has 1 saturated heterocycles. The van der Waals surface area contributed by atoms with Crippen molar-refractivity contribution in [3.05, 3.63) is 51.8 Å². The van der Waals surface area contributed by atoms with Crippen molar-refractivity contribution in [2.45, 2.75) is 6.92 Å². The second-order valence-corrected chi connectivity index (χ2v) is 6.51. The maximum absolute atomic E-state index is 12.6. The van der Waals surface area contributed by atoms with Crippen molar-refractivity contribution in [1.29, 1.82) is 5.26 Å². The summed E-state index contributed by atoms with van der Waals surface area (Å²) in [5, 5.41) is 9.03. The first-order valence-corrected chi connectivity index (χ1v) is 8.41. The molecule has 1 aliphatic heterocycles. The minimum atomic E-state index is 0.0267. The van der Waals surface area contributed by atoms with Crippen LogP contribution in [0, 0.1) is 18.3 Å². The first kappa shape index (κ1) is 16.4. The largest absolute Gasteiger partial charge is 0.337 e. The van der Waals surface area contributed by atoms with Crippen molar-refractivity contribution in [2.75, 3.05) is 31.1 Å². The molecule has 6 nitrogen and oxygen atoms in total. The molecule has 0 radical (unpaired) electrons. The van der Waals surface area contributed by atoms with E-state index in [2.05, 4.69) is 32.0 Å². The Labute approximate surface area is 148 Å². The highest BCUT2D eigenvalue weighted by Gasteiger charge is 2.24. The van der Waals surface area contributed by atoms with Crippen LogP contribution in [0.5, 0.6) is 0 Å². The van der Waals surface area contributed by atoms with Crippen molar-refractivity contribution in [3.8, 4) is 6.07 Å². The van der Waals surface area contributed by atoms with E-state index >= 15 is 0 Å². The summed E-state index contributed by atoms with van der Waals surface area (Å²) in [7, 11) is 0. The predicted octanol–water partition coefficient (Wildman–Crippen LogP) is 2.38. The Kier molecular flexibility index (Phi) is 4.76. The van der Waals surface area contributed by atoms with E-state index in [0.717, 1.165) is 10.2 Å². The van der Waals surface area contributed by atoms with Crippen LogP contribution < -0.4 is 4.90 Å². The first-order chi connectivity index (χ1) is 11.6. The van der Waals surface area contributed by atoms with Crippen LogP contribution in [-0.4, -0.2) is 47.0 Å². The third-order valence-corrected chi connectivity index (χ3v) is 4.37. The third kappa shape index (κ3) is 3.54. The molecule has 1 amide bonds. The highest BCUT2D eigenvalue weighted by atomic mass is 79.9. The lowest BCUT2D eigenvalue weighted by Gasteiger charge is -2.34. The van der Waals surface area contributed by atoms with Crippen molar-refractivity contribution < 1.29 is 4.79 Å². The van der Waals surface area contributed by atoms with Gasteiger partial charge in [-0.2, -0.15) is 5.26 Å². The van der Waals surface area contributed by atoms with E-state index in [-0.39, 0.29) is 5.91 Å². The molecule has 24 heavy (non-hydrogen) atoms. The third-order valence-electron chi connectivity index (χ3n) is 3.88. The van der Waals surface area contributed by atoms with E-state index in [9.17, 15) is 4.79 Å². The van der Waals surface area contributed by atoms with Gasteiger partial charge in [-0.25, -0.2) is 9.97 Å². The van der Waals surface area contributed by atoms with Gasteiger partial charge in [-0.05, 0) is 31.2 Å². The summed E-state index contributed by atoms with van der Waals surface area (Å²) < 4.78 is 0.893. The molecule has 1 aromatic heterocycles. The molecule has 1 aromatic carbocycles. The molecule has 2 heterocycles. The first-order valence-electron chi connectivity index (χ1n) is 7.62. The van der Waals surface area contributed by atoms with Crippen LogP contribution in [0.1, 0.15) is 21.7 Å². The number of benzene rings is 1. The van der Waals surface area contributed by atoms with Crippen molar-refractivity contribution in [2.24, 2.45) is 0 Å². The standard InChI is InChI=1S/C17H16BrN5O/c1-12-9-15(11-19)21-17(20-12)23-7-5-22(6-8-23)16(24)13-3-2-4-14(18)10-13/h2-4,9-10H,5-8H2,1H3. The van der Waals surface area contributed by atoms with E-state index < -0.39 is 0 Å². The van der Waals surface area contributed by atoms with Gasteiger partial charge in [0.05, 0.1) is 0 Å². The smallest absolute Gasteiger partial charge is 0.254 e. The van der Waals surface area contributed by atoms with Crippen LogP contribution in [0.25, 0.3) is 0 Å². The molecular weight excluding hydrogens is 370 g/mol. The maximum atomic E-state index is 12.6. The van der Waals surface area contributed by atoms with Crippen LogP contribution in [0.2, 0.25) is 0 Å². The Hall–Kier alpha value is -2.46. The van der Waals surface area contributed by atoms with Gasteiger partial charge in [-0.15, -0.1) is 0 Å². The van der Waals surface area contributed by atoms with E-state index in [0.29, 0.717) is 43.4 Å². The molecule has 1 fully saturated rings. The Bertz CT molecular complexity index is 809. The number of hydrogen-bond donors (Lipinski definition) is 0. The van der Waals surface area contributed by atoms with Crippen LogP contribution in [0.3, 0.4) is 0 Å². The normalized spacial score (nSPS) is 14.4. The van der Waals surface area contributed by atoms with Crippen LogP contribution in [0.4, 0.5) is 5.95 Å². The highest BCUT2D eigenvalue weighted by molar-refractivity contribution is 9.10. The van der Waals surface area contributed by atoms with E-state index in [4.69, 9.17) is 5.26 Å². The molecule has 0 unspecified atom stereocenters. The number of anilines is 1. The van der Waals surface area contributed by atoms with Gasteiger partial charge in [0.15, 0.2) is 0 Å². The lowest BCUT2D eigenvalue weighted by Crippen LogP contribution is -2.49. The second kappa shape index (κ2) is 6.97. The monoisotopic (exact) mass is 385 g/mol. The number of halogens is 1. The van der Waals surface area contributed by atoms with E-state index in [1.807, 2.05) is 41.0 Å². The topological polar surface area (TPSA) is 73.1 Å². The summed E-state index contributed by atoms with van der Waals surface area (Å²) in [6.07, 6.45) is 0. The number of aryl methyl sites for hydroxylation is 1. The summed E-state index contributed by atoms with van der Waals surface area (Å²) in [4.78, 5) is 25.1. The van der Waals surface area contributed by atoms with Gasteiger partial charge in [0.1, 0.15) is 11.8 Å². The van der Waals surface area contributed by atoms with Gasteiger partial charge in [0.25, 0.3) is 5.91 Å². The predicted molar refractivity (Wildman–Crippen MR) is 93.7 cm³/mol. The fourth-order valence-corrected chi connectivity index (χ4v) is 3.06. The number of aromatic nitrogens is 2. The zero-order chi connectivity index (χ0) is 17.1. The lowest BCUT2D eigenvalue weighted by molar-refractivity contribution is 0.0746. The molecule has 0 aliphatic carbocycles. The number of rotatable bonds is 2. The molecule has 0 atom stereocenters. The van der Waals surface area contributed by atoms with E-state index in [1.165, 1.54) is 0 Å². The van der Waals surface area contributed by atoms with Crippen LogP contribution in [-0.2, 0) is 0 Å². The molecule has 2 aromatic rings. The maximum Gasteiger partial charge on any atom is 0.254 e. The number of hydrogen-bond acceptors (Lipinski definition) is 5. The fourth-order valence-electron chi connectivity index (χ4n) is 2.67. The molecule has 0 saturated carbocycles. The Balaban J connectivity index is 1.69. The molecule has 3 rings (SSSR count). The molecule has 1 aliphatic rings. The Morgan fingerprint density at radius 2 is 1.96 bits per heavy atom. The van der Waals surface area contributed by atoms with Crippen LogP contribution >= 0.6 is 15.9 Å². The highest BCUT2D eigenvalue weighted by Crippen LogP contribution is 2.17. The minimum Gasteiger partial charge on any atom is -0.337 e. The van der Waals surface area contributed by atoms with Crippen LogP contribution in [0.15, 0.2) is 34.8 Å². The number of amides is 1. The molecular formula is C17H16BrN5O. The van der Waals surface area contributed by atoms with Gasteiger partial charge in [0, 0.05) is 41.9 Å². The number of carbonyl (C=O) groups excluding carboxylic acids is 1. The van der Waals surface area contributed by atoms with Gasteiger partial charge < -0.3 is 9.80 Å². The quantitative estimate of drug-likeness (QED) is 0.793. The molecule has 7 heteroatoms. The molecule has 122 valence electrons. The zero-order valence-corrected chi connectivity index (χ0v) is 14.8. The fraction of sp³-hybridized carbons (Fsp3) is 0.294.